The van der Waals surface area contributed by atoms with Crippen molar-refractivity contribution in [2.75, 3.05) is 18.0 Å². The first-order chi connectivity index (χ1) is 8.87. The molecule has 1 heterocycles. The van der Waals surface area contributed by atoms with Crippen LogP contribution in [0.15, 0.2) is 18.2 Å². The second-order valence-electron chi connectivity index (χ2n) is 6.95. The van der Waals surface area contributed by atoms with Crippen molar-refractivity contribution >= 4 is 5.69 Å². The van der Waals surface area contributed by atoms with E-state index in [1.54, 1.807) is 0 Å². The normalized spacial score (nSPS) is 20.4. The topological polar surface area (TPSA) is 29.3 Å². The third-order valence-electron chi connectivity index (χ3n) is 4.28. The summed E-state index contributed by atoms with van der Waals surface area (Å²) in [6, 6.07) is 7.07. The molecule has 1 aromatic rings. The molecule has 1 fully saturated rings. The molecule has 1 unspecified atom stereocenters. The fourth-order valence-corrected chi connectivity index (χ4v) is 2.92. The van der Waals surface area contributed by atoms with Gasteiger partial charge in [0.25, 0.3) is 0 Å². The predicted octanol–water partition coefficient (Wildman–Crippen LogP) is 3.51. The summed E-state index contributed by atoms with van der Waals surface area (Å²) in [6.07, 6.45) is 3.54. The summed E-state index contributed by atoms with van der Waals surface area (Å²) in [5, 5.41) is 0. The lowest BCUT2D eigenvalue weighted by Gasteiger charge is -2.39. The van der Waals surface area contributed by atoms with Gasteiger partial charge < -0.3 is 10.6 Å². The van der Waals surface area contributed by atoms with Crippen LogP contribution in [-0.2, 0) is 6.42 Å². The first-order valence-corrected chi connectivity index (χ1v) is 7.47. The van der Waals surface area contributed by atoms with Crippen LogP contribution in [-0.4, -0.2) is 19.1 Å². The zero-order valence-electron chi connectivity index (χ0n) is 12.9. The Bertz CT molecular complexity index is 425. The predicted molar refractivity (Wildman–Crippen MR) is 83.8 cm³/mol. The molecule has 2 nitrogen and oxygen atoms in total. The third kappa shape index (κ3) is 3.73. The molecule has 2 rings (SSSR count). The highest BCUT2D eigenvalue weighted by molar-refractivity contribution is 5.55. The van der Waals surface area contributed by atoms with Gasteiger partial charge >= 0.3 is 0 Å². The monoisotopic (exact) mass is 260 g/mol. The molecule has 1 aliphatic rings. The minimum absolute atomic E-state index is 0.237. The summed E-state index contributed by atoms with van der Waals surface area (Å²) in [4.78, 5) is 2.54. The van der Waals surface area contributed by atoms with Crippen LogP contribution < -0.4 is 10.6 Å². The minimum atomic E-state index is 0.237. The van der Waals surface area contributed by atoms with Crippen LogP contribution in [0.25, 0.3) is 0 Å². The fraction of sp³-hybridized carbons (Fsp3) is 0.647. The molecule has 1 saturated heterocycles. The zero-order valence-corrected chi connectivity index (χ0v) is 12.9. The molecule has 0 aliphatic carbocycles. The van der Waals surface area contributed by atoms with E-state index in [0.717, 1.165) is 6.42 Å². The van der Waals surface area contributed by atoms with Gasteiger partial charge in [-0.15, -0.1) is 0 Å². The van der Waals surface area contributed by atoms with E-state index in [-0.39, 0.29) is 6.04 Å². The number of benzene rings is 1. The lowest BCUT2D eigenvalue weighted by Crippen LogP contribution is -2.37. The molecule has 0 spiro atoms. The second kappa shape index (κ2) is 5.54. The Labute approximate surface area is 118 Å². The van der Waals surface area contributed by atoms with Crippen molar-refractivity contribution in [3.63, 3.8) is 0 Å². The summed E-state index contributed by atoms with van der Waals surface area (Å²) in [5.41, 5.74) is 10.5. The molecule has 0 saturated carbocycles. The van der Waals surface area contributed by atoms with Crippen LogP contribution in [0.3, 0.4) is 0 Å². The van der Waals surface area contributed by atoms with Gasteiger partial charge in [-0.1, -0.05) is 26.0 Å². The SMILES string of the molecule is Cc1cc(CC(C)N)ccc1N1CCC(C)(C)CC1. The number of nitrogens with two attached hydrogens (primary N) is 1. The Morgan fingerprint density at radius 3 is 2.42 bits per heavy atom. The Hall–Kier alpha value is -1.02. The molecule has 19 heavy (non-hydrogen) atoms. The minimum Gasteiger partial charge on any atom is -0.371 e. The summed E-state index contributed by atoms with van der Waals surface area (Å²) < 4.78 is 0. The van der Waals surface area contributed by atoms with Crippen LogP contribution in [0.4, 0.5) is 5.69 Å². The highest BCUT2D eigenvalue weighted by Gasteiger charge is 2.25. The van der Waals surface area contributed by atoms with Crippen LogP contribution in [0.5, 0.6) is 0 Å². The van der Waals surface area contributed by atoms with Crippen molar-refractivity contribution in [1.82, 2.24) is 0 Å². The van der Waals surface area contributed by atoms with Gasteiger partial charge in [-0.25, -0.2) is 0 Å². The maximum atomic E-state index is 5.87. The van der Waals surface area contributed by atoms with Gasteiger partial charge in [-0.2, -0.15) is 0 Å². The van der Waals surface area contributed by atoms with E-state index < -0.39 is 0 Å². The number of anilines is 1. The molecule has 0 bridgehead atoms. The average molecular weight is 260 g/mol. The van der Waals surface area contributed by atoms with Crippen molar-refractivity contribution in [3.05, 3.63) is 29.3 Å². The fourth-order valence-electron chi connectivity index (χ4n) is 2.92. The molecule has 0 radical (unpaired) electrons. The van der Waals surface area contributed by atoms with Gasteiger partial charge in [0, 0.05) is 24.8 Å². The highest BCUT2D eigenvalue weighted by atomic mass is 15.1. The quantitative estimate of drug-likeness (QED) is 0.901. The largest absolute Gasteiger partial charge is 0.371 e. The molecule has 106 valence electrons. The lowest BCUT2D eigenvalue weighted by atomic mass is 9.82. The third-order valence-corrected chi connectivity index (χ3v) is 4.28. The van der Waals surface area contributed by atoms with E-state index in [1.807, 2.05) is 0 Å². The Morgan fingerprint density at radius 1 is 1.26 bits per heavy atom. The molecule has 0 aromatic heterocycles. The van der Waals surface area contributed by atoms with Gasteiger partial charge in [-0.3, -0.25) is 0 Å². The number of nitrogens with zero attached hydrogens (tertiary/aromatic N) is 1. The molecular formula is C17H28N2. The Kier molecular flexibility index (Phi) is 4.19. The maximum Gasteiger partial charge on any atom is 0.0396 e. The first kappa shape index (κ1) is 14.4. The van der Waals surface area contributed by atoms with Crippen molar-refractivity contribution in [2.45, 2.75) is 53.0 Å². The number of hydrogen-bond donors (Lipinski definition) is 1. The average Bonchev–Trinajstić information content (AvgIpc) is 2.29. The molecule has 1 aliphatic heterocycles. The van der Waals surface area contributed by atoms with E-state index in [9.17, 15) is 0 Å². The van der Waals surface area contributed by atoms with Crippen LogP contribution in [0.1, 0.15) is 44.7 Å². The van der Waals surface area contributed by atoms with Gasteiger partial charge in [0.15, 0.2) is 0 Å². The van der Waals surface area contributed by atoms with E-state index >= 15 is 0 Å². The summed E-state index contributed by atoms with van der Waals surface area (Å²) in [5.74, 6) is 0. The highest BCUT2D eigenvalue weighted by Crippen LogP contribution is 2.33. The Morgan fingerprint density at radius 2 is 1.89 bits per heavy atom. The second-order valence-corrected chi connectivity index (χ2v) is 6.95. The van der Waals surface area contributed by atoms with Crippen LogP contribution in [0, 0.1) is 12.3 Å². The van der Waals surface area contributed by atoms with Gasteiger partial charge in [0.2, 0.25) is 0 Å². The van der Waals surface area contributed by atoms with E-state index in [1.165, 1.54) is 42.7 Å². The molecule has 1 aromatic carbocycles. The van der Waals surface area contributed by atoms with E-state index in [4.69, 9.17) is 5.73 Å². The molecular weight excluding hydrogens is 232 g/mol. The molecule has 0 amide bonds. The van der Waals surface area contributed by atoms with Crippen LogP contribution >= 0.6 is 0 Å². The first-order valence-electron chi connectivity index (χ1n) is 7.47. The number of piperidine rings is 1. The van der Waals surface area contributed by atoms with E-state index in [2.05, 4.69) is 50.8 Å². The van der Waals surface area contributed by atoms with Crippen molar-refractivity contribution in [1.29, 1.82) is 0 Å². The van der Waals surface area contributed by atoms with Crippen LogP contribution in [0.2, 0.25) is 0 Å². The molecule has 2 N–H and O–H groups in total. The van der Waals surface area contributed by atoms with Gasteiger partial charge in [0.05, 0.1) is 0 Å². The number of hydrogen-bond acceptors (Lipinski definition) is 2. The smallest absolute Gasteiger partial charge is 0.0396 e. The summed E-state index contributed by atoms with van der Waals surface area (Å²) in [7, 11) is 0. The summed E-state index contributed by atoms with van der Waals surface area (Å²) in [6.45, 7) is 11.4. The maximum absolute atomic E-state index is 5.87. The lowest BCUT2D eigenvalue weighted by molar-refractivity contribution is 0.279. The van der Waals surface area contributed by atoms with Crippen molar-refractivity contribution < 1.29 is 0 Å². The molecule has 2 heteroatoms. The van der Waals surface area contributed by atoms with Gasteiger partial charge in [-0.05, 0) is 55.7 Å². The van der Waals surface area contributed by atoms with Gasteiger partial charge in [0.1, 0.15) is 0 Å². The van der Waals surface area contributed by atoms with E-state index in [0.29, 0.717) is 5.41 Å². The standard InChI is InChI=1S/C17H28N2/c1-13-11-15(12-14(2)18)5-6-16(13)19-9-7-17(3,4)8-10-19/h5-6,11,14H,7-10,12,18H2,1-4H3. The Balaban J connectivity index is 2.09. The van der Waals surface area contributed by atoms with Crippen molar-refractivity contribution in [2.24, 2.45) is 11.1 Å². The number of rotatable bonds is 3. The number of aryl methyl sites for hydroxylation is 1. The van der Waals surface area contributed by atoms with Crippen molar-refractivity contribution in [3.8, 4) is 0 Å². The molecule has 1 atom stereocenters. The zero-order chi connectivity index (χ0) is 14.0. The summed E-state index contributed by atoms with van der Waals surface area (Å²) >= 11 is 0.